The maximum absolute atomic E-state index is 12.8. The molecule has 0 aliphatic carbocycles. The number of aromatic nitrogens is 3. The van der Waals surface area contributed by atoms with Gasteiger partial charge >= 0.3 is 0 Å². The molecule has 0 radical (unpaired) electrons. The van der Waals surface area contributed by atoms with Crippen molar-refractivity contribution in [2.24, 2.45) is 7.05 Å². The zero-order chi connectivity index (χ0) is 23.9. The fraction of sp³-hybridized carbons (Fsp3) is 0.154. The minimum absolute atomic E-state index is 0.139. The monoisotopic (exact) mass is 471 g/mol. The summed E-state index contributed by atoms with van der Waals surface area (Å²) in [4.78, 5) is 25.4. The number of para-hydroxylation sites is 1. The van der Waals surface area contributed by atoms with Crippen molar-refractivity contribution in [2.75, 3.05) is 11.1 Å². The number of amides is 2. The van der Waals surface area contributed by atoms with Gasteiger partial charge in [-0.05, 0) is 24.6 Å². The van der Waals surface area contributed by atoms with Crippen molar-refractivity contribution in [2.45, 2.75) is 18.6 Å². The van der Waals surface area contributed by atoms with E-state index in [0.717, 1.165) is 17.0 Å². The van der Waals surface area contributed by atoms with E-state index in [2.05, 4.69) is 20.8 Å². The Labute approximate surface area is 202 Å². The molecule has 172 valence electrons. The molecule has 2 amide bonds. The molecule has 0 saturated carbocycles. The van der Waals surface area contributed by atoms with Gasteiger partial charge in [0, 0.05) is 19.2 Å². The standard InChI is InChI=1S/C26H25N5O2S/c1-18-12-14-19(15-13-18)16-27-25(33)21-10-6-7-11-22(21)28-23(32)17-34-26-30-29-24(31(26)2)20-8-4-3-5-9-20/h3-15H,16-17H2,1-2H3,(H,27,33)(H,28,32). The number of hydrogen-bond acceptors (Lipinski definition) is 5. The molecule has 1 heterocycles. The first kappa shape index (κ1) is 23.3. The van der Waals surface area contributed by atoms with E-state index >= 15 is 0 Å². The molecule has 0 saturated heterocycles. The molecular formula is C26H25N5O2S. The fourth-order valence-corrected chi connectivity index (χ4v) is 4.08. The third-order valence-corrected chi connectivity index (χ3v) is 6.24. The van der Waals surface area contributed by atoms with Gasteiger partial charge in [0.05, 0.1) is 17.0 Å². The van der Waals surface area contributed by atoms with Crippen LogP contribution in [0.1, 0.15) is 21.5 Å². The fourth-order valence-electron chi connectivity index (χ4n) is 3.37. The number of hydrogen-bond donors (Lipinski definition) is 2. The van der Waals surface area contributed by atoms with Gasteiger partial charge in [0.15, 0.2) is 11.0 Å². The highest BCUT2D eigenvalue weighted by molar-refractivity contribution is 7.99. The lowest BCUT2D eigenvalue weighted by Gasteiger charge is -2.11. The molecular weight excluding hydrogens is 446 g/mol. The Morgan fingerprint density at radius 2 is 1.62 bits per heavy atom. The van der Waals surface area contributed by atoms with E-state index in [1.807, 2.05) is 73.1 Å². The van der Waals surface area contributed by atoms with Gasteiger partial charge in [0.2, 0.25) is 5.91 Å². The zero-order valence-electron chi connectivity index (χ0n) is 19.0. The van der Waals surface area contributed by atoms with Crippen LogP contribution in [-0.4, -0.2) is 32.3 Å². The summed E-state index contributed by atoms with van der Waals surface area (Å²) in [5, 5.41) is 14.8. The third-order valence-electron chi connectivity index (χ3n) is 5.22. The van der Waals surface area contributed by atoms with E-state index < -0.39 is 0 Å². The van der Waals surface area contributed by atoms with Crippen LogP contribution in [0.5, 0.6) is 0 Å². The average Bonchev–Trinajstić information content (AvgIpc) is 3.23. The highest BCUT2D eigenvalue weighted by Gasteiger charge is 2.15. The molecule has 0 aliphatic heterocycles. The van der Waals surface area contributed by atoms with Crippen molar-refractivity contribution in [1.29, 1.82) is 0 Å². The lowest BCUT2D eigenvalue weighted by molar-refractivity contribution is -0.113. The highest BCUT2D eigenvalue weighted by atomic mass is 32.2. The van der Waals surface area contributed by atoms with Gasteiger partial charge in [0.1, 0.15) is 0 Å². The molecule has 7 nitrogen and oxygen atoms in total. The maximum Gasteiger partial charge on any atom is 0.253 e. The van der Waals surface area contributed by atoms with Crippen molar-refractivity contribution in [3.8, 4) is 11.4 Å². The Balaban J connectivity index is 1.36. The second kappa shape index (κ2) is 10.8. The first-order valence-corrected chi connectivity index (χ1v) is 11.8. The molecule has 0 aliphatic rings. The SMILES string of the molecule is Cc1ccc(CNC(=O)c2ccccc2NC(=O)CSc2nnc(-c3ccccc3)n2C)cc1. The van der Waals surface area contributed by atoms with Crippen molar-refractivity contribution >= 4 is 29.3 Å². The van der Waals surface area contributed by atoms with Crippen LogP contribution in [0, 0.1) is 6.92 Å². The number of nitrogens with one attached hydrogen (secondary N) is 2. The second-order valence-electron chi connectivity index (χ2n) is 7.78. The molecule has 8 heteroatoms. The van der Waals surface area contributed by atoms with Crippen LogP contribution in [0.4, 0.5) is 5.69 Å². The Morgan fingerprint density at radius 1 is 0.912 bits per heavy atom. The minimum atomic E-state index is -0.245. The van der Waals surface area contributed by atoms with E-state index in [1.54, 1.807) is 24.3 Å². The summed E-state index contributed by atoms with van der Waals surface area (Å²) in [6, 6.07) is 24.7. The number of carbonyl (C=O) groups excluding carboxylic acids is 2. The Kier molecular flexibility index (Phi) is 7.39. The normalized spacial score (nSPS) is 10.6. The molecule has 0 unspecified atom stereocenters. The first-order chi connectivity index (χ1) is 16.5. The molecule has 4 aromatic rings. The van der Waals surface area contributed by atoms with Gasteiger partial charge in [-0.15, -0.1) is 10.2 Å². The largest absolute Gasteiger partial charge is 0.348 e. The molecule has 2 N–H and O–H groups in total. The second-order valence-corrected chi connectivity index (χ2v) is 8.72. The summed E-state index contributed by atoms with van der Waals surface area (Å²) in [6.07, 6.45) is 0. The highest BCUT2D eigenvalue weighted by Crippen LogP contribution is 2.23. The minimum Gasteiger partial charge on any atom is -0.348 e. The van der Waals surface area contributed by atoms with Crippen LogP contribution < -0.4 is 10.6 Å². The molecule has 0 spiro atoms. The van der Waals surface area contributed by atoms with Crippen LogP contribution in [0.25, 0.3) is 11.4 Å². The van der Waals surface area contributed by atoms with Crippen LogP contribution in [0.3, 0.4) is 0 Å². The topological polar surface area (TPSA) is 88.9 Å². The molecule has 3 aromatic carbocycles. The summed E-state index contributed by atoms with van der Waals surface area (Å²) in [6.45, 7) is 2.43. The van der Waals surface area contributed by atoms with Crippen LogP contribution in [0.2, 0.25) is 0 Å². The number of benzene rings is 3. The Hall–Kier alpha value is -3.91. The van der Waals surface area contributed by atoms with Crippen LogP contribution in [0.15, 0.2) is 84.0 Å². The maximum atomic E-state index is 12.8. The van der Waals surface area contributed by atoms with E-state index in [0.29, 0.717) is 23.0 Å². The van der Waals surface area contributed by atoms with E-state index in [-0.39, 0.29) is 17.6 Å². The molecule has 1 aromatic heterocycles. The number of aryl methyl sites for hydroxylation is 1. The molecule has 4 rings (SSSR count). The number of carbonyl (C=O) groups is 2. The van der Waals surface area contributed by atoms with Crippen molar-refractivity contribution < 1.29 is 9.59 Å². The van der Waals surface area contributed by atoms with Gasteiger partial charge in [0.25, 0.3) is 5.91 Å². The smallest absolute Gasteiger partial charge is 0.253 e. The van der Waals surface area contributed by atoms with Gasteiger partial charge in [-0.3, -0.25) is 9.59 Å². The summed E-state index contributed by atoms with van der Waals surface area (Å²) in [7, 11) is 1.87. The third kappa shape index (κ3) is 5.71. The van der Waals surface area contributed by atoms with Crippen molar-refractivity contribution in [3.05, 3.63) is 95.6 Å². The number of rotatable bonds is 8. The average molecular weight is 472 g/mol. The molecule has 34 heavy (non-hydrogen) atoms. The number of anilines is 1. The number of thioether (sulfide) groups is 1. The summed E-state index contributed by atoms with van der Waals surface area (Å²) >= 11 is 1.29. The predicted octanol–water partition coefficient (Wildman–Crippen LogP) is 4.45. The van der Waals surface area contributed by atoms with Crippen molar-refractivity contribution in [3.63, 3.8) is 0 Å². The Morgan fingerprint density at radius 3 is 2.38 bits per heavy atom. The van der Waals surface area contributed by atoms with Crippen molar-refractivity contribution in [1.82, 2.24) is 20.1 Å². The first-order valence-electron chi connectivity index (χ1n) is 10.8. The van der Waals surface area contributed by atoms with E-state index in [4.69, 9.17) is 0 Å². The van der Waals surface area contributed by atoms with Gasteiger partial charge in [-0.2, -0.15) is 0 Å². The summed E-state index contributed by atoms with van der Waals surface area (Å²) < 4.78 is 1.86. The molecule has 0 fully saturated rings. The molecule has 0 bridgehead atoms. The van der Waals surface area contributed by atoms with E-state index in [9.17, 15) is 9.59 Å². The zero-order valence-corrected chi connectivity index (χ0v) is 19.8. The molecule has 0 atom stereocenters. The lowest BCUT2D eigenvalue weighted by atomic mass is 10.1. The summed E-state index contributed by atoms with van der Waals surface area (Å²) in [5.41, 5.74) is 4.02. The van der Waals surface area contributed by atoms with Crippen LogP contribution >= 0.6 is 11.8 Å². The van der Waals surface area contributed by atoms with Gasteiger partial charge in [-0.1, -0.05) is 84.1 Å². The van der Waals surface area contributed by atoms with Gasteiger partial charge < -0.3 is 15.2 Å². The number of nitrogens with zero attached hydrogens (tertiary/aromatic N) is 3. The summed E-state index contributed by atoms with van der Waals surface area (Å²) in [5.74, 6) is 0.400. The van der Waals surface area contributed by atoms with Gasteiger partial charge in [-0.25, -0.2) is 0 Å². The lowest BCUT2D eigenvalue weighted by Crippen LogP contribution is -2.25. The predicted molar refractivity (Wildman–Crippen MR) is 135 cm³/mol. The quantitative estimate of drug-likeness (QED) is 0.371. The Bertz CT molecular complexity index is 1290. The van der Waals surface area contributed by atoms with Crippen LogP contribution in [-0.2, 0) is 18.4 Å². The van der Waals surface area contributed by atoms with E-state index in [1.165, 1.54) is 17.3 Å².